The molecule has 43 heavy (non-hydrogen) atoms. The van der Waals surface area contributed by atoms with Gasteiger partial charge in [0.25, 0.3) is 0 Å². The van der Waals surface area contributed by atoms with E-state index in [-0.39, 0.29) is 5.69 Å². The van der Waals surface area contributed by atoms with E-state index in [0.29, 0.717) is 13.0 Å². The van der Waals surface area contributed by atoms with Crippen LogP contribution in [0.3, 0.4) is 0 Å². The van der Waals surface area contributed by atoms with Crippen LogP contribution in [0.1, 0.15) is 51.5 Å². The molecule has 1 saturated heterocycles. The van der Waals surface area contributed by atoms with Gasteiger partial charge in [-0.25, -0.2) is 14.8 Å². The molecule has 7 nitrogen and oxygen atoms in total. The molecule has 0 spiro atoms. The number of hydrogen-bond acceptors (Lipinski definition) is 5. The van der Waals surface area contributed by atoms with E-state index in [1.54, 1.807) is 0 Å². The quantitative estimate of drug-likeness (QED) is 0.244. The van der Waals surface area contributed by atoms with Crippen LogP contribution in [-0.4, -0.2) is 50.1 Å². The number of para-hydroxylation sites is 1. The second-order valence-corrected chi connectivity index (χ2v) is 11.4. The van der Waals surface area contributed by atoms with Crippen molar-refractivity contribution in [1.82, 2.24) is 19.4 Å². The Morgan fingerprint density at radius 2 is 1.60 bits per heavy atom. The number of nitrogens with zero attached hydrogens (tertiary/aromatic N) is 4. The standard InChI is InChI=1S/C36H34N4O3/c41-36(42)34-23-37-35-22-29-7-2-1-6-28(29)21-33(40(34)35)27-16-19-39(20-17-27)18-15-25-9-13-31(14-10-25)43-24-30-12-11-26-5-3-4-8-32(26)38-30/h1-14,23H,15-22,24H2,(H,41,42). The van der Waals surface area contributed by atoms with Gasteiger partial charge in [0.2, 0.25) is 0 Å². The van der Waals surface area contributed by atoms with Crippen molar-refractivity contribution < 1.29 is 14.6 Å². The van der Waals surface area contributed by atoms with E-state index in [4.69, 9.17) is 9.72 Å². The molecule has 3 aromatic carbocycles. The lowest BCUT2D eigenvalue weighted by Gasteiger charge is -2.30. The minimum Gasteiger partial charge on any atom is -0.487 e. The van der Waals surface area contributed by atoms with Gasteiger partial charge < -0.3 is 14.7 Å². The molecule has 0 bridgehead atoms. The van der Waals surface area contributed by atoms with E-state index in [1.165, 1.54) is 28.5 Å². The fourth-order valence-corrected chi connectivity index (χ4v) is 6.30. The molecule has 2 aromatic heterocycles. The number of aromatic nitrogens is 3. The smallest absolute Gasteiger partial charge is 0.354 e. The Balaban J connectivity index is 0.971. The molecule has 0 radical (unpaired) electrons. The highest BCUT2D eigenvalue weighted by Crippen LogP contribution is 2.33. The van der Waals surface area contributed by atoms with Crippen LogP contribution in [0.2, 0.25) is 0 Å². The highest BCUT2D eigenvalue weighted by atomic mass is 16.5. The van der Waals surface area contributed by atoms with Crippen LogP contribution in [0.25, 0.3) is 16.6 Å². The Kier molecular flexibility index (Phi) is 7.47. The number of carbonyl (C=O) groups is 1. The van der Waals surface area contributed by atoms with Gasteiger partial charge in [-0.1, -0.05) is 60.7 Å². The summed E-state index contributed by atoms with van der Waals surface area (Å²) in [7, 11) is 0. The maximum Gasteiger partial charge on any atom is 0.354 e. The number of ether oxygens (including phenoxy) is 1. The summed E-state index contributed by atoms with van der Waals surface area (Å²) < 4.78 is 7.94. The predicted molar refractivity (Wildman–Crippen MR) is 167 cm³/mol. The van der Waals surface area contributed by atoms with E-state index in [2.05, 4.69) is 52.3 Å². The van der Waals surface area contributed by atoms with E-state index in [0.717, 1.165) is 79.2 Å². The van der Waals surface area contributed by atoms with E-state index in [9.17, 15) is 9.90 Å². The topological polar surface area (TPSA) is 80.5 Å². The van der Waals surface area contributed by atoms with Crippen molar-refractivity contribution >= 4 is 22.6 Å². The van der Waals surface area contributed by atoms with E-state index in [1.807, 2.05) is 47.0 Å². The SMILES string of the molecule is O=C(O)c1cnc2n1C(=C1CCN(CCc3ccc(OCc4ccc5ccccc5n4)cc3)CC1)Cc1ccccc1C2. The second kappa shape index (κ2) is 11.9. The maximum atomic E-state index is 12.1. The fourth-order valence-electron chi connectivity index (χ4n) is 6.30. The Labute approximate surface area is 251 Å². The molecule has 2 aliphatic heterocycles. The van der Waals surface area contributed by atoms with E-state index < -0.39 is 5.97 Å². The van der Waals surface area contributed by atoms with Crippen LogP contribution < -0.4 is 4.74 Å². The molecule has 1 N–H and O–H groups in total. The molecule has 4 heterocycles. The van der Waals surface area contributed by atoms with Gasteiger partial charge in [0.05, 0.1) is 17.4 Å². The number of imidazole rings is 1. The number of piperidine rings is 1. The average molecular weight is 571 g/mol. The first kappa shape index (κ1) is 27.1. The van der Waals surface area contributed by atoms with Crippen LogP contribution in [0.15, 0.2) is 96.7 Å². The van der Waals surface area contributed by atoms with Crippen molar-refractivity contribution in [3.63, 3.8) is 0 Å². The molecule has 216 valence electrons. The Hall–Kier alpha value is -4.75. The van der Waals surface area contributed by atoms with Gasteiger partial charge in [0.1, 0.15) is 18.2 Å². The first-order valence-corrected chi connectivity index (χ1v) is 15.0. The van der Waals surface area contributed by atoms with Crippen LogP contribution in [0, 0.1) is 0 Å². The summed E-state index contributed by atoms with van der Waals surface area (Å²) >= 11 is 0. The third-order valence-electron chi connectivity index (χ3n) is 8.70. The molecular weight excluding hydrogens is 536 g/mol. The van der Waals surface area contributed by atoms with Gasteiger partial charge in [-0.05, 0) is 65.8 Å². The Morgan fingerprint density at radius 1 is 0.860 bits per heavy atom. The largest absolute Gasteiger partial charge is 0.487 e. The summed E-state index contributed by atoms with van der Waals surface area (Å²) in [6.45, 7) is 3.36. The van der Waals surface area contributed by atoms with Crippen molar-refractivity contribution in [3.05, 3.63) is 131 Å². The van der Waals surface area contributed by atoms with Crippen LogP contribution in [0.4, 0.5) is 0 Å². The maximum absolute atomic E-state index is 12.1. The highest BCUT2D eigenvalue weighted by molar-refractivity contribution is 5.87. The lowest BCUT2D eigenvalue weighted by atomic mass is 9.95. The van der Waals surface area contributed by atoms with Gasteiger partial charge in [0.15, 0.2) is 5.69 Å². The molecular formula is C36H34N4O3. The van der Waals surface area contributed by atoms with Crippen LogP contribution in [-0.2, 0) is 25.9 Å². The molecule has 5 aromatic rings. The number of pyridine rings is 1. The molecule has 0 atom stereocenters. The Morgan fingerprint density at radius 3 is 2.40 bits per heavy atom. The zero-order valence-electron chi connectivity index (χ0n) is 24.1. The van der Waals surface area contributed by atoms with Gasteiger partial charge in [0, 0.05) is 43.6 Å². The molecule has 7 rings (SSSR count). The van der Waals surface area contributed by atoms with Crippen molar-refractivity contribution in [1.29, 1.82) is 0 Å². The number of allylic oxidation sites excluding steroid dienone is 1. The molecule has 7 heteroatoms. The van der Waals surface area contributed by atoms with Crippen molar-refractivity contribution in [3.8, 4) is 5.75 Å². The highest BCUT2D eigenvalue weighted by Gasteiger charge is 2.27. The number of hydrogen-bond donors (Lipinski definition) is 1. The first-order chi connectivity index (χ1) is 21.1. The normalized spacial score (nSPS) is 15.2. The monoisotopic (exact) mass is 570 g/mol. The number of benzene rings is 3. The predicted octanol–water partition coefficient (Wildman–Crippen LogP) is 6.41. The summed E-state index contributed by atoms with van der Waals surface area (Å²) in [5.74, 6) is 0.729. The van der Waals surface area contributed by atoms with Gasteiger partial charge in [-0.3, -0.25) is 4.57 Å². The second-order valence-electron chi connectivity index (χ2n) is 11.4. The number of likely N-dealkylation sites (tertiary alicyclic amines) is 1. The van der Waals surface area contributed by atoms with Crippen molar-refractivity contribution in [2.24, 2.45) is 0 Å². The third kappa shape index (κ3) is 5.81. The molecule has 1 fully saturated rings. The summed E-state index contributed by atoms with van der Waals surface area (Å²) in [6.07, 6.45) is 5.74. The summed E-state index contributed by atoms with van der Waals surface area (Å²) in [5, 5.41) is 11.0. The molecule has 0 unspecified atom stereocenters. The minimum absolute atomic E-state index is 0.258. The summed E-state index contributed by atoms with van der Waals surface area (Å²) in [4.78, 5) is 23.8. The lowest BCUT2D eigenvalue weighted by molar-refractivity contribution is 0.0688. The minimum atomic E-state index is -0.929. The van der Waals surface area contributed by atoms with Crippen molar-refractivity contribution in [2.45, 2.75) is 38.7 Å². The fraction of sp³-hybridized carbons (Fsp3) is 0.250. The molecule has 2 aliphatic rings. The van der Waals surface area contributed by atoms with Gasteiger partial charge in [-0.15, -0.1) is 0 Å². The van der Waals surface area contributed by atoms with Gasteiger partial charge >= 0.3 is 5.97 Å². The number of carboxylic acids is 1. The van der Waals surface area contributed by atoms with E-state index >= 15 is 0 Å². The van der Waals surface area contributed by atoms with Crippen molar-refractivity contribution in [2.75, 3.05) is 19.6 Å². The zero-order valence-corrected chi connectivity index (χ0v) is 24.1. The molecule has 0 saturated carbocycles. The Bertz CT molecular complexity index is 1810. The molecule has 0 amide bonds. The molecule has 0 aliphatic carbocycles. The lowest BCUT2D eigenvalue weighted by Crippen LogP contribution is -2.33. The first-order valence-electron chi connectivity index (χ1n) is 15.0. The number of aromatic carboxylic acids is 1. The number of fused-ring (bicyclic) bond motifs is 3. The van der Waals surface area contributed by atoms with Gasteiger partial charge in [-0.2, -0.15) is 0 Å². The summed E-state index contributed by atoms with van der Waals surface area (Å²) in [5.41, 5.74) is 8.37. The third-order valence-corrected chi connectivity index (χ3v) is 8.70. The summed E-state index contributed by atoms with van der Waals surface area (Å²) in [6, 6.07) is 29.0. The average Bonchev–Trinajstić information content (AvgIpc) is 3.39. The van der Waals surface area contributed by atoms with Crippen LogP contribution in [0.5, 0.6) is 5.75 Å². The number of rotatable bonds is 7. The zero-order chi connectivity index (χ0) is 29.2. The number of carboxylic acid groups (broad SMARTS) is 1. The van der Waals surface area contributed by atoms with Crippen LogP contribution >= 0.6 is 0 Å².